The molecule has 1 heterocycles. The summed E-state index contributed by atoms with van der Waals surface area (Å²) in [6.45, 7) is 3.13. The zero-order valence-electron chi connectivity index (χ0n) is 17.0. The molecule has 0 radical (unpaired) electrons. The Kier molecular flexibility index (Phi) is 6.92. The van der Waals surface area contributed by atoms with Gasteiger partial charge in [0.2, 0.25) is 6.41 Å². The number of rotatable bonds is 6. The number of hydrazine groups is 1. The Balaban J connectivity index is 2.86. The van der Waals surface area contributed by atoms with E-state index in [1.807, 2.05) is 0 Å². The zero-order valence-corrected chi connectivity index (χ0v) is 18.6. The van der Waals surface area contributed by atoms with E-state index in [-0.39, 0.29) is 26.0 Å². The number of halogens is 5. The molecule has 1 aromatic carbocycles. The molecule has 0 spiro atoms. The lowest BCUT2D eigenvalue weighted by molar-refractivity contribution is -0.144. The van der Waals surface area contributed by atoms with E-state index in [0.29, 0.717) is 19.2 Å². The van der Waals surface area contributed by atoms with Crippen LogP contribution in [-0.2, 0) is 28.0 Å². The highest BCUT2D eigenvalue weighted by atomic mass is 35.5. The fourth-order valence-electron chi connectivity index (χ4n) is 2.64. The minimum Gasteiger partial charge on any atom is -0.292 e. The van der Waals surface area contributed by atoms with E-state index in [4.69, 9.17) is 11.6 Å². The van der Waals surface area contributed by atoms with E-state index in [9.17, 15) is 40.4 Å². The summed E-state index contributed by atoms with van der Waals surface area (Å²) in [6.07, 6.45) is -5.09. The Bertz CT molecular complexity index is 1290. The molecule has 176 valence electrons. The van der Waals surface area contributed by atoms with Crippen LogP contribution in [0.15, 0.2) is 32.7 Å². The van der Waals surface area contributed by atoms with Crippen LogP contribution in [-0.4, -0.2) is 46.5 Å². The van der Waals surface area contributed by atoms with Crippen molar-refractivity contribution in [3.63, 3.8) is 0 Å². The van der Waals surface area contributed by atoms with Crippen molar-refractivity contribution in [3.8, 4) is 5.69 Å². The van der Waals surface area contributed by atoms with Crippen molar-refractivity contribution >= 4 is 28.0 Å². The molecule has 0 aliphatic rings. The van der Waals surface area contributed by atoms with Crippen molar-refractivity contribution in [3.05, 3.63) is 55.6 Å². The van der Waals surface area contributed by atoms with Gasteiger partial charge in [-0.1, -0.05) is 11.6 Å². The number of carbonyl (C=O) groups is 1. The van der Waals surface area contributed by atoms with Crippen LogP contribution in [0, 0.1) is 5.82 Å². The lowest BCUT2D eigenvalue weighted by atomic mass is 10.3. The zero-order chi connectivity index (χ0) is 24.8. The van der Waals surface area contributed by atoms with Crippen LogP contribution < -0.4 is 11.2 Å². The predicted octanol–water partition coefficient (Wildman–Crippen LogP) is 1.75. The smallest absolute Gasteiger partial charge is 0.292 e. The number of aromatic nitrogens is 2. The number of sulfonamides is 1. The van der Waals surface area contributed by atoms with Gasteiger partial charge in [-0.2, -0.15) is 26.0 Å². The minimum absolute atomic E-state index is 0.0251. The number of amides is 1. The second kappa shape index (κ2) is 8.67. The molecule has 15 heteroatoms. The third kappa shape index (κ3) is 4.42. The first-order chi connectivity index (χ1) is 14.5. The topological polar surface area (TPSA) is 102 Å². The lowest BCUT2D eigenvalue weighted by Crippen LogP contribution is -2.46. The molecule has 0 unspecified atom stereocenters. The summed E-state index contributed by atoms with van der Waals surface area (Å²) < 4.78 is 80.0. The molecular formula is C17H17ClF4N4O5S. The SMILES string of the molecule is CC(C)N(C)N(C=O)S(=O)(=O)c1cc(-n2c(=O)cc(C(F)(F)F)n(C)c2=O)c(F)cc1Cl. The maximum atomic E-state index is 14.6. The number of alkyl halides is 3. The largest absolute Gasteiger partial charge is 0.431 e. The summed E-state index contributed by atoms with van der Waals surface area (Å²) in [5.41, 5.74) is -5.69. The van der Waals surface area contributed by atoms with Crippen LogP contribution in [0.2, 0.25) is 5.02 Å². The van der Waals surface area contributed by atoms with Crippen molar-refractivity contribution in [1.82, 2.24) is 18.6 Å². The molecule has 32 heavy (non-hydrogen) atoms. The standard InChI is InChI=1S/C17H17ClF4N4O5S/c1-9(2)24(4)25(8-27)32(30,31)13-6-12(11(19)5-10(13)18)26-15(28)7-14(17(20,21)22)23(3)16(26)29/h5-9H,1-4H3. The Morgan fingerprint density at radius 2 is 1.72 bits per heavy atom. The van der Waals surface area contributed by atoms with Gasteiger partial charge in [0.1, 0.15) is 16.4 Å². The molecule has 0 fully saturated rings. The predicted molar refractivity (Wildman–Crippen MR) is 105 cm³/mol. The normalized spacial score (nSPS) is 12.5. The molecule has 0 saturated carbocycles. The van der Waals surface area contributed by atoms with Crippen molar-refractivity contribution in [2.24, 2.45) is 7.05 Å². The Morgan fingerprint density at radius 1 is 1.16 bits per heavy atom. The highest BCUT2D eigenvalue weighted by Crippen LogP contribution is 2.30. The van der Waals surface area contributed by atoms with Crippen molar-refractivity contribution in [2.45, 2.75) is 31.0 Å². The van der Waals surface area contributed by atoms with Gasteiger partial charge in [0, 0.05) is 26.2 Å². The van der Waals surface area contributed by atoms with Crippen LogP contribution in [0.4, 0.5) is 17.6 Å². The molecule has 0 saturated heterocycles. The average molecular weight is 501 g/mol. The van der Waals surface area contributed by atoms with Crippen LogP contribution in [0.1, 0.15) is 19.5 Å². The van der Waals surface area contributed by atoms with Crippen molar-refractivity contribution < 1.29 is 30.8 Å². The molecule has 1 aromatic heterocycles. The summed E-state index contributed by atoms with van der Waals surface area (Å²) in [7, 11) is -2.78. The van der Waals surface area contributed by atoms with Crippen LogP contribution in [0.25, 0.3) is 5.69 Å². The average Bonchev–Trinajstić information content (AvgIpc) is 2.65. The molecule has 0 N–H and O–H groups in total. The maximum Gasteiger partial charge on any atom is 0.431 e. The molecule has 1 amide bonds. The van der Waals surface area contributed by atoms with Gasteiger partial charge >= 0.3 is 11.9 Å². The number of hydrogen-bond acceptors (Lipinski definition) is 6. The number of hydrogen-bond donors (Lipinski definition) is 0. The van der Waals surface area contributed by atoms with Gasteiger partial charge in [-0.3, -0.25) is 14.2 Å². The maximum absolute atomic E-state index is 14.6. The molecule has 0 bridgehead atoms. The van der Waals surface area contributed by atoms with E-state index in [2.05, 4.69) is 0 Å². The minimum atomic E-state index is -5.05. The van der Waals surface area contributed by atoms with Gasteiger partial charge in [-0.25, -0.2) is 18.8 Å². The van der Waals surface area contributed by atoms with Crippen molar-refractivity contribution in [2.75, 3.05) is 7.05 Å². The number of benzene rings is 1. The second-order valence-electron chi connectivity index (χ2n) is 6.83. The Morgan fingerprint density at radius 3 is 2.19 bits per heavy atom. The van der Waals surface area contributed by atoms with Gasteiger partial charge in [0.15, 0.2) is 0 Å². The summed E-state index contributed by atoms with van der Waals surface area (Å²) in [5, 5.41) is 0.331. The summed E-state index contributed by atoms with van der Waals surface area (Å²) in [5.74, 6) is -1.36. The highest BCUT2D eigenvalue weighted by molar-refractivity contribution is 7.89. The molecule has 0 aliphatic carbocycles. The fourth-order valence-corrected chi connectivity index (χ4v) is 4.49. The second-order valence-corrected chi connectivity index (χ2v) is 9.00. The van der Waals surface area contributed by atoms with Crippen molar-refractivity contribution in [1.29, 1.82) is 0 Å². The number of carbonyl (C=O) groups excluding carboxylic acids is 1. The van der Waals surface area contributed by atoms with E-state index < -0.39 is 60.6 Å². The van der Waals surface area contributed by atoms with Crippen LogP contribution >= 0.6 is 11.6 Å². The fraction of sp³-hybridized carbons (Fsp3) is 0.353. The molecule has 9 nitrogen and oxygen atoms in total. The lowest BCUT2D eigenvalue weighted by Gasteiger charge is -2.30. The van der Waals surface area contributed by atoms with Gasteiger partial charge in [0.25, 0.3) is 15.6 Å². The molecule has 2 aromatic rings. The quantitative estimate of drug-likeness (QED) is 0.340. The molecule has 0 aliphatic heterocycles. The van der Waals surface area contributed by atoms with Crippen LogP contribution in [0.5, 0.6) is 0 Å². The van der Waals surface area contributed by atoms with E-state index in [1.165, 1.54) is 7.05 Å². The van der Waals surface area contributed by atoms with Gasteiger partial charge in [-0.15, -0.1) is 0 Å². The summed E-state index contributed by atoms with van der Waals surface area (Å²) in [6, 6.07) is 0.534. The molecule has 2 rings (SSSR count). The first-order valence-corrected chi connectivity index (χ1v) is 10.5. The summed E-state index contributed by atoms with van der Waals surface area (Å²) in [4.78, 5) is 35.3. The van der Waals surface area contributed by atoms with Gasteiger partial charge in [-0.05, 0) is 26.0 Å². The van der Waals surface area contributed by atoms with Crippen LogP contribution in [0.3, 0.4) is 0 Å². The molecule has 0 atom stereocenters. The Hall–Kier alpha value is -2.71. The van der Waals surface area contributed by atoms with E-state index in [0.717, 1.165) is 5.01 Å². The van der Waals surface area contributed by atoms with E-state index >= 15 is 0 Å². The third-order valence-electron chi connectivity index (χ3n) is 4.53. The first-order valence-electron chi connectivity index (χ1n) is 8.67. The van der Waals surface area contributed by atoms with Gasteiger partial charge < -0.3 is 0 Å². The van der Waals surface area contributed by atoms with E-state index in [1.54, 1.807) is 13.8 Å². The Labute approximate surface area is 184 Å². The number of nitrogens with zero attached hydrogens (tertiary/aromatic N) is 4. The monoisotopic (exact) mass is 500 g/mol. The molecular weight excluding hydrogens is 484 g/mol. The highest BCUT2D eigenvalue weighted by Gasteiger charge is 2.36. The van der Waals surface area contributed by atoms with Gasteiger partial charge in [0.05, 0.1) is 10.7 Å². The third-order valence-corrected chi connectivity index (χ3v) is 6.68. The summed E-state index contributed by atoms with van der Waals surface area (Å²) >= 11 is 5.85. The first kappa shape index (κ1) is 25.5.